The first-order chi connectivity index (χ1) is 14.7. The van der Waals surface area contributed by atoms with E-state index in [-0.39, 0.29) is 30.3 Å². The summed E-state index contributed by atoms with van der Waals surface area (Å²) < 4.78 is 24.0. The van der Waals surface area contributed by atoms with E-state index in [0.29, 0.717) is 11.3 Å². The fourth-order valence-corrected chi connectivity index (χ4v) is 3.94. The SMILES string of the molecule is C[C@@H](CC(=O)N1C(=O)[C@H](Cc2ccccn2)[C@H]1C(=O)O)c1ccc2c(c1)OC(C)(F)O2. The number of aliphatic carboxylic acids is 1. The molecule has 1 fully saturated rings. The van der Waals surface area contributed by atoms with Crippen LogP contribution in [0.4, 0.5) is 4.39 Å². The molecule has 3 heterocycles. The van der Waals surface area contributed by atoms with Gasteiger partial charge in [-0.05, 0) is 35.7 Å². The molecule has 1 aromatic carbocycles. The number of β-lactam (4-membered cyclic amide) rings is 1. The van der Waals surface area contributed by atoms with Crippen molar-refractivity contribution in [3.63, 3.8) is 0 Å². The summed E-state index contributed by atoms with van der Waals surface area (Å²) in [6, 6.07) is 6.52. The average molecular weight is 428 g/mol. The van der Waals surface area contributed by atoms with Gasteiger partial charge in [-0.15, -0.1) is 0 Å². The van der Waals surface area contributed by atoms with Crippen LogP contribution in [0.3, 0.4) is 0 Å². The molecule has 2 amide bonds. The van der Waals surface area contributed by atoms with Crippen molar-refractivity contribution in [2.24, 2.45) is 5.92 Å². The monoisotopic (exact) mass is 428 g/mol. The predicted octanol–water partition coefficient (Wildman–Crippen LogP) is 2.67. The summed E-state index contributed by atoms with van der Waals surface area (Å²) in [5, 5.41) is 9.59. The molecule has 162 valence electrons. The fourth-order valence-electron chi connectivity index (χ4n) is 3.94. The molecule has 0 saturated carbocycles. The number of rotatable bonds is 6. The number of carboxylic acids is 1. The highest BCUT2D eigenvalue weighted by Crippen LogP contribution is 2.42. The molecule has 4 atom stereocenters. The molecular formula is C22H21FN2O6. The third-order valence-electron chi connectivity index (χ3n) is 5.49. The number of carbonyl (C=O) groups is 3. The number of aromatic nitrogens is 1. The van der Waals surface area contributed by atoms with Gasteiger partial charge in [0.05, 0.1) is 5.92 Å². The number of benzene rings is 1. The Morgan fingerprint density at radius 3 is 2.68 bits per heavy atom. The van der Waals surface area contributed by atoms with E-state index < -0.39 is 35.8 Å². The Morgan fingerprint density at radius 2 is 2.00 bits per heavy atom. The number of alkyl halides is 1. The van der Waals surface area contributed by atoms with E-state index in [0.717, 1.165) is 11.8 Å². The lowest BCUT2D eigenvalue weighted by molar-refractivity contribution is -0.177. The van der Waals surface area contributed by atoms with Gasteiger partial charge >= 0.3 is 12.0 Å². The Kier molecular flexibility index (Phi) is 5.12. The van der Waals surface area contributed by atoms with E-state index >= 15 is 0 Å². The van der Waals surface area contributed by atoms with Crippen LogP contribution in [-0.2, 0) is 20.8 Å². The zero-order valence-electron chi connectivity index (χ0n) is 16.9. The van der Waals surface area contributed by atoms with Crippen LogP contribution in [0.25, 0.3) is 0 Å². The number of carbonyl (C=O) groups excluding carboxylic acids is 2. The van der Waals surface area contributed by atoms with Crippen LogP contribution in [0.1, 0.15) is 37.4 Å². The van der Waals surface area contributed by atoms with Crippen molar-refractivity contribution < 1.29 is 33.4 Å². The van der Waals surface area contributed by atoms with E-state index in [4.69, 9.17) is 9.47 Å². The minimum Gasteiger partial charge on any atom is -0.480 e. The minimum absolute atomic E-state index is 0.0850. The molecule has 0 aliphatic carbocycles. The molecule has 2 aromatic rings. The molecule has 31 heavy (non-hydrogen) atoms. The van der Waals surface area contributed by atoms with E-state index in [2.05, 4.69) is 4.98 Å². The molecular weight excluding hydrogens is 407 g/mol. The van der Waals surface area contributed by atoms with Crippen LogP contribution in [0, 0.1) is 5.92 Å². The van der Waals surface area contributed by atoms with Crippen molar-refractivity contribution in [2.45, 2.75) is 44.7 Å². The topological polar surface area (TPSA) is 106 Å². The standard InChI is InChI=1S/C22H21FN2O6/c1-12(13-6-7-16-17(10-13)31-22(2,23)30-16)9-18(26)25-19(21(28)29)15(20(25)27)11-14-5-3-4-8-24-14/h3-8,10,12,15,19H,9,11H2,1-2H3,(H,28,29)/t12-,15+,19-,22?/m0/s1. The van der Waals surface area contributed by atoms with Crippen LogP contribution < -0.4 is 9.47 Å². The molecule has 1 aromatic heterocycles. The highest BCUT2D eigenvalue weighted by Gasteiger charge is 2.54. The second kappa shape index (κ2) is 7.64. The van der Waals surface area contributed by atoms with Gasteiger partial charge in [0.2, 0.25) is 11.8 Å². The van der Waals surface area contributed by atoms with Crippen molar-refractivity contribution in [2.75, 3.05) is 0 Å². The largest absolute Gasteiger partial charge is 0.480 e. The first-order valence-corrected chi connectivity index (χ1v) is 9.86. The van der Waals surface area contributed by atoms with Crippen molar-refractivity contribution in [3.8, 4) is 11.5 Å². The Labute approximate surface area is 177 Å². The number of likely N-dealkylation sites (tertiary alicyclic amines) is 1. The summed E-state index contributed by atoms with van der Waals surface area (Å²) in [6.07, 6.45) is 1.63. The number of amides is 2. The molecule has 2 aliphatic rings. The van der Waals surface area contributed by atoms with Gasteiger partial charge in [-0.25, -0.2) is 4.79 Å². The number of hydrogen-bond acceptors (Lipinski definition) is 6. The summed E-state index contributed by atoms with van der Waals surface area (Å²) >= 11 is 0. The molecule has 8 nitrogen and oxygen atoms in total. The quantitative estimate of drug-likeness (QED) is 0.705. The fraction of sp³-hybridized carbons (Fsp3) is 0.364. The number of nitrogens with zero attached hydrogens (tertiary/aromatic N) is 2. The first-order valence-electron chi connectivity index (χ1n) is 9.86. The lowest BCUT2D eigenvalue weighted by atomic mass is 9.82. The molecule has 0 spiro atoms. The van der Waals surface area contributed by atoms with Crippen LogP contribution in [0.2, 0.25) is 0 Å². The van der Waals surface area contributed by atoms with Gasteiger partial charge in [0, 0.05) is 31.7 Å². The Morgan fingerprint density at radius 1 is 1.26 bits per heavy atom. The van der Waals surface area contributed by atoms with Gasteiger partial charge in [-0.1, -0.05) is 19.1 Å². The van der Waals surface area contributed by atoms with E-state index in [1.807, 2.05) is 0 Å². The minimum atomic E-state index is -2.25. The summed E-state index contributed by atoms with van der Waals surface area (Å²) in [5.74, 6) is -3.03. The predicted molar refractivity (Wildman–Crippen MR) is 105 cm³/mol. The highest BCUT2D eigenvalue weighted by molar-refractivity contribution is 6.08. The number of fused-ring (bicyclic) bond motifs is 1. The number of hydrogen-bond donors (Lipinski definition) is 1. The van der Waals surface area contributed by atoms with Crippen molar-refractivity contribution in [3.05, 3.63) is 53.9 Å². The van der Waals surface area contributed by atoms with E-state index in [9.17, 15) is 23.9 Å². The van der Waals surface area contributed by atoms with Gasteiger partial charge in [0.15, 0.2) is 11.5 Å². The average Bonchev–Trinajstić information content (AvgIpc) is 3.03. The second-order valence-corrected chi connectivity index (χ2v) is 7.87. The smallest absolute Gasteiger partial charge is 0.404 e. The number of imide groups is 1. The molecule has 9 heteroatoms. The van der Waals surface area contributed by atoms with Crippen molar-refractivity contribution in [1.29, 1.82) is 0 Å². The van der Waals surface area contributed by atoms with E-state index in [1.54, 1.807) is 49.5 Å². The van der Waals surface area contributed by atoms with Gasteiger partial charge in [0.25, 0.3) is 0 Å². The molecule has 1 N–H and O–H groups in total. The normalized spacial score (nSPS) is 25.1. The zero-order valence-corrected chi connectivity index (χ0v) is 16.9. The Bertz CT molecular complexity index is 1040. The summed E-state index contributed by atoms with van der Waals surface area (Å²) in [7, 11) is 0. The van der Waals surface area contributed by atoms with Gasteiger partial charge in [0.1, 0.15) is 6.04 Å². The highest BCUT2D eigenvalue weighted by atomic mass is 19.2. The van der Waals surface area contributed by atoms with Gasteiger partial charge < -0.3 is 14.6 Å². The molecule has 0 radical (unpaired) electrons. The molecule has 2 aliphatic heterocycles. The maximum Gasteiger partial charge on any atom is 0.404 e. The second-order valence-electron chi connectivity index (χ2n) is 7.87. The third kappa shape index (κ3) is 3.95. The number of carboxylic acid groups (broad SMARTS) is 1. The number of halogens is 1. The molecule has 1 saturated heterocycles. The Hall–Kier alpha value is -3.49. The maximum atomic E-state index is 13.9. The van der Waals surface area contributed by atoms with Crippen LogP contribution in [-0.4, -0.2) is 44.9 Å². The summed E-state index contributed by atoms with van der Waals surface area (Å²) in [5.41, 5.74) is 1.27. The number of pyridine rings is 1. The molecule has 0 bridgehead atoms. The summed E-state index contributed by atoms with van der Waals surface area (Å²) in [4.78, 5) is 42.1. The van der Waals surface area contributed by atoms with Gasteiger partial charge in [-0.2, -0.15) is 4.39 Å². The molecule has 1 unspecified atom stereocenters. The van der Waals surface area contributed by atoms with Gasteiger partial charge in [-0.3, -0.25) is 19.5 Å². The third-order valence-corrected chi connectivity index (χ3v) is 5.49. The first kappa shape index (κ1) is 20.8. The lowest BCUT2D eigenvalue weighted by Gasteiger charge is -2.43. The van der Waals surface area contributed by atoms with Crippen LogP contribution >= 0.6 is 0 Å². The zero-order chi connectivity index (χ0) is 22.3. The van der Waals surface area contributed by atoms with Crippen molar-refractivity contribution >= 4 is 17.8 Å². The Balaban J connectivity index is 1.44. The van der Waals surface area contributed by atoms with Crippen LogP contribution in [0.15, 0.2) is 42.6 Å². The molecule has 4 rings (SSSR count). The number of ether oxygens (including phenoxy) is 2. The maximum absolute atomic E-state index is 13.9. The lowest BCUT2D eigenvalue weighted by Crippen LogP contribution is -2.66. The van der Waals surface area contributed by atoms with Crippen LogP contribution in [0.5, 0.6) is 11.5 Å². The summed E-state index contributed by atoms with van der Waals surface area (Å²) in [6.45, 7) is 2.90. The van der Waals surface area contributed by atoms with E-state index in [1.165, 1.54) is 0 Å². The van der Waals surface area contributed by atoms with Crippen molar-refractivity contribution in [1.82, 2.24) is 9.88 Å².